The van der Waals surface area contributed by atoms with E-state index in [0.717, 1.165) is 32.5 Å². The molecule has 0 aromatic carbocycles. The van der Waals surface area contributed by atoms with E-state index < -0.39 is 10.8 Å². The normalized spacial score (nSPS) is 22.6. The average molecular weight is 269 g/mol. The van der Waals surface area contributed by atoms with Gasteiger partial charge in [0.25, 0.3) is 0 Å². The highest BCUT2D eigenvalue weighted by molar-refractivity contribution is 7.84. The van der Waals surface area contributed by atoms with E-state index in [1.807, 2.05) is 19.4 Å². The zero-order chi connectivity index (χ0) is 13.2. The maximum absolute atomic E-state index is 11.5. The molecule has 0 saturated carbocycles. The van der Waals surface area contributed by atoms with Gasteiger partial charge in [-0.3, -0.25) is 4.21 Å². The summed E-state index contributed by atoms with van der Waals surface area (Å²) in [5.41, 5.74) is 1.50. The van der Waals surface area contributed by atoms with Crippen LogP contribution >= 0.6 is 0 Å². The molecule has 0 amide bonds. The highest BCUT2D eigenvalue weighted by Gasteiger charge is 2.31. The van der Waals surface area contributed by atoms with Crippen LogP contribution in [0.3, 0.4) is 0 Å². The van der Waals surface area contributed by atoms with Crippen LogP contribution in [0.15, 0.2) is 12.5 Å². The van der Waals surface area contributed by atoms with Gasteiger partial charge in [-0.25, -0.2) is 4.98 Å². The van der Waals surface area contributed by atoms with Crippen molar-refractivity contribution < 1.29 is 4.21 Å². The van der Waals surface area contributed by atoms with Gasteiger partial charge in [-0.05, 0) is 32.9 Å². The van der Waals surface area contributed by atoms with Gasteiger partial charge in [0.15, 0.2) is 0 Å². The van der Waals surface area contributed by atoms with E-state index in [2.05, 4.69) is 21.8 Å². The number of nitrogens with one attached hydrogen (secondary N) is 1. The van der Waals surface area contributed by atoms with Gasteiger partial charge in [-0.1, -0.05) is 6.92 Å². The van der Waals surface area contributed by atoms with E-state index in [9.17, 15) is 4.21 Å². The molecule has 0 radical (unpaired) electrons. The molecule has 18 heavy (non-hydrogen) atoms. The van der Waals surface area contributed by atoms with Crippen LogP contribution in [0.4, 0.5) is 0 Å². The first-order valence-electron chi connectivity index (χ1n) is 6.56. The van der Waals surface area contributed by atoms with Gasteiger partial charge in [0.1, 0.15) is 0 Å². The molecule has 102 valence electrons. The van der Waals surface area contributed by atoms with Crippen LogP contribution in [-0.2, 0) is 22.8 Å². The number of hydrogen-bond acceptors (Lipinski definition) is 3. The van der Waals surface area contributed by atoms with Crippen molar-refractivity contribution >= 4 is 10.8 Å². The van der Waals surface area contributed by atoms with Gasteiger partial charge < -0.3 is 9.88 Å². The Morgan fingerprint density at radius 3 is 2.83 bits per heavy atom. The van der Waals surface area contributed by atoms with Gasteiger partial charge in [0, 0.05) is 46.2 Å². The number of aromatic nitrogens is 2. The number of nitrogens with zero attached hydrogens (tertiary/aromatic N) is 2. The van der Waals surface area contributed by atoms with E-state index in [4.69, 9.17) is 0 Å². The summed E-state index contributed by atoms with van der Waals surface area (Å²) in [5, 5.41) is 3.57. The third-order valence-corrected chi connectivity index (χ3v) is 5.34. The smallest absolute Gasteiger partial charge is 0.0948 e. The summed E-state index contributed by atoms with van der Waals surface area (Å²) in [6, 6.07) is 0. The molecule has 4 nitrogen and oxygen atoms in total. The molecule has 5 heteroatoms. The Hall–Kier alpha value is -0.680. The fourth-order valence-corrected chi connectivity index (χ4v) is 2.96. The molecule has 0 spiro atoms. The van der Waals surface area contributed by atoms with Crippen LogP contribution in [0, 0.1) is 0 Å². The summed E-state index contributed by atoms with van der Waals surface area (Å²) < 4.78 is 13.7. The second kappa shape index (κ2) is 5.53. The van der Waals surface area contributed by atoms with Crippen molar-refractivity contribution in [2.75, 3.05) is 19.3 Å². The lowest BCUT2D eigenvalue weighted by Crippen LogP contribution is -2.39. The van der Waals surface area contributed by atoms with Crippen molar-refractivity contribution in [2.45, 2.75) is 43.9 Å². The van der Waals surface area contributed by atoms with Gasteiger partial charge in [-0.15, -0.1) is 0 Å². The molecular weight excluding hydrogens is 246 g/mol. The predicted molar refractivity (Wildman–Crippen MR) is 75.2 cm³/mol. The molecule has 0 bridgehead atoms. The fraction of sp³-hybridized carbons (Fsp3) is 0.769. The molecule has 1 N–H and O–H groups in total. The summed E-state index contributed by atoms with van der Waals surface area (Å²) in [7, 11) is -0.783. The quantitative estimate of drug-likeness (QED) is 0.896. The van der Waals surface area contributed by atoms with Gasteiger partial charge in [0.2, 0.25) is 0 Å². The molecule has 1 aliphatic rings. The average Bonchev–Trinajstić information content (AvgIpc) is 2.78. The van der Waals surface area contributed by atoms with Crippen molar-refractivity contribution in [3.05, 3.63) is 18.2 Å². The lowest BCUT2D eigenvalue weighted by Gasteiger charge is -2.35. The van der Waals surface area contributed by atoms with Gasteiger partial charge >= 0.3 is 0 Å². The number of rotatable bonds is 4. The lowest BCUT2D eigenvalue weighted by molar-refractivity contribution is 0.316. The second-order valence-electron chi connectivity index (χ2n) is 5.55. The summed E-state index contributed by atoms with van der Waals surface area (Å²) >= 11 is 0. The fourth-order valence-electron chi connectivity index (χ4n) is 2.59. The minimum Gasteiger partial charge on any atom is -0.333 e. The van der Waals surface area contributed by atoms with E-state index in [-0.39, 0.29) is 10.7 Å². The minimum absolute atomic E-state index is 0.170. The third-order valence-electron chi connectivity index (χ3n) is 4.06. The van der Waals surface area contributed by atoms with Crippen LogP contribution in [0.2, 0.25) is 0 Å². The largest absolute Gasteiger partial charge is 0.333 e. The zero-order valence-electron chi connectivity index (χ0n) is 11.5. The highest BCUT2D eigenvalue weighted by atomic mass is 32.2. The van der Waals surface area contributed by atoms with E-state index in [1.54, 1.807) is 6.26 Å². The second-order valence-corrected chi connectivity index (χ2v) is 7.35. The van der Waals surface area contributed by atoms with Gasteiger partial charge in [-0.2, -0.15) is 0 Å². The van der Waals surface area contributed by atoms with Crippen LogP contribution < -0.4 is 5.32 Å². The van der Waals surface area contributed by atoms with Crippen LogP contribution in [0.5, 0.6) is 0 Å². The van der Waals surface area contributed by atoms with Crippen LogP contribution in [0.25, 0.3) is 0 Å². The van der Waals surface area contributed by atoms with Crippen molar-refractivity contribution in [1.82, 2.24) is 14.9 Å². The first-order chi connectivity index (χ1) is 8.53. The van der Waals surface area contributed by atoms with Crippen molar-refractivity contribution in [2.24, 2.45) is 0 Å². The number of imidazole rings is 1. The van der Waals surface area contributed by atoms with E-state index in [1.165, 1.54) is 5.69 Å². The molecular formula is C13H23N3OS. The molecule has 1 aromatic heterocycles. The van der Waals surface area contributed by atoms with Crippen molar-refractivity contribution in [3.63, 3.8) is 0 Å². The lowest BCUT2D eigenvalue weighted by atomic mass is 9.78. The highest BCUT2D eigenvalue weighted by Crippen LogP contribution is 2.32. The monoisotopic (exact) mass is 269 g/mol. The van der Waals surface area contributed by atoms with E-state index >= 15 is 0 Å². The predicted octanol–water partition coefficient (Wildman–Crippen LogP) is 1.29. The SMILES string of the molecule is CC(Cn1cncc1C1(C)CCNCC1)S(C)=O. The van der Waals surface area contributed by atoms with Crippen LogP contribution in [0.1, 0.15) is 32.4 Å². The molecule has 2 rings (SSSR count). The number of piperidine rings is 1. The van der Waals surface area contributed by atoms with E-state index in [0.29, 0.717) is 0 Å². The third kappa shape index (κ3) is 2.83. The summed E-state index contributed by atoms with van der Waals surface area (Å²) in [6.07, 6.45) is 7.92. The maximum Gasteiger partial charge on any atom is 0.0948 e. The van der Waals surface area contributed by atoms with Crippen molar-refractivity contribution in [1.29, 1.82) is 0 Å². The molecule has 1 aromatic rings. The number of hydrogen-bond donors (Lipinski definition) is 1. The summed E-state index contributed by atoms with van der Waals surface area (Å²) in [4.78, 5) is 4.30. The Labute approximate surface area is 112 Å². The molecule has 2 heterocycles. The topological polar surface area (TPSA) is 46.9 Å². The first-order valence-corrected chi connectivity index (χ1v) is 8.18. The zero-order valence-corrected chi connectivity index (χ0v) is 12.3. The standard InChI is InChI=1S/C13H23N3OS/c1-11(18(3)17)9-16-10-15-8-12(16)13(2)4-6-14-7-5-13/h8,10-11,14H,4-7,9H2,1-3H3. The van der Waals surface area contributed by atoms with Crippen molar-refractivity contribution in [3.8, 4) is 0 Å². The molecule has 1 fully saturated rings. The first kappa shape index (κ1) is 13.7. The Bertz CT molecular complexity index is 424. The summed E-state index contributed by atoms with van der Waals surface area (Å²) in [6.45, 7) is 7.27. The Morgan fingerprint density at radius 2 is 2.22 bits per heavy atom. The Kier molecular flexibility index (Phi) is 4.22. The van der Waals surface area contributed by atoms with Gasteiger partial charge in [0.05, 0.1) is 6.33 Å². The van der Waals surface area contributed by atoms with Crippen LogP contribution in [-0.4, -0.2) is 38.4 Å². The minimum atomic E-state index is -0.783. The molecule has 1 aliphatic heterocycles. The Morgan fingerprint density at radius 1 is 1.56 bits per heavy atom. The summed E-state index contributed by atoms with van der Waals surface area (Å²) in [5.74, 6) is 0. The molecule has 1 saturated heterocycles. The molecule has 2 unspecified atom stereocenters. The molecule has 2 atom stereocenters. The molecule has 0 aliphatic carbocycles. The Balaban J connectivity index is 2.19. The maximum atomic E-state index is 11.5.